The van der Waals surface area contributed by atoms with Crippen LogP contribution < -0.4 is 5.32 Å². The molecule has 0 saturated carbocycles. The Kier molecular flexibility index (Phi) is 2.74. The van der Waals surface area contributed by atoms with Crippen molar-refractivity contribution in [1.29, 1.82) is 0 Å². The van der Waals surface area contributed by atoms with Gasteiger partial charge in [0, 0.05) is 5.56 Å². The highest BCUT2D eigenvalue weighted by Crippen LogP contribution is 2.34. The van der Waals surface area contributed by atoms with Crippen LogP contribution in [0.3, 0.4) is 0 Å². The Bertz CT molecular complexity index is 646. The summed E-state index contributed by atoms with van der Waals surface area (Å²) in [5, 5.41) is 2.96. The van der Waals surface area contributed by atoms with Crippen LogP contribution in [0.5, 0.6) is 0 Å². The minimum absolute atomic E-state index is 0.00946. The maximum Gasteiger partial charge on any atom is 0.240 e. The molecule has 1 aromatic heterocycles. The Labute approximate surface area is 120 Å². The van der Waals surface area contributed by atoms with Crippen molar-refractivity contribution >= 4 is 21.8 Å². The number of amides is 1. The van der Waals surface area contributed by atoms with Crippen LogP contribution in [0.4, 0.5) is 0 Å². The highest BCUT2D eigenvalue weighted by Gasteiger charge is 2.35. The van der Waals surface area contributed by atoms with Gasteiger partial charge in [-0.2, -0.15) is 0 Å². The predicted molar refractivity (Wildman–Crippen MR) is 76.5 cm³/mol. The van der Waals surface area contributed by atoms with Crippen molar-refractivity contribution in [2.75, 3.05) is 0 Å². The van der Waals surface area contributed by atoms with Crippen molar-refractivity contribution in [2.45, 2.75) is 25.9 Å². The molecule has 1 aliphatic heterocycles. The molecule has 0 unspecified atom stereocenters. The third-order valence-corrected chi connectivity index (χ3v) is 4.07. The molecule has 1 aromatic carbocycles. The van der Waals surface area contributed by atoms with E-state index in [0.29, 0.717) is 6.54 Å². The molecule has 0 atom stereocenters. The SMILES string of the molecule is CC1(C)NC(=O)Cn2c1nc(-c1ccccc1)c2Br. The molecule has 1 aliphatic rings. The second-order valence-corrected chi connectivity index (χ2v) is 5.95. The van der Waals surface area contributed by atoms with E-state index in [9.17, 15) is 4.79 Å². The van der Waals surface area contributed by atoms with E-state index in [1.54, 1.807) is 0 Å². The Morgan fingerprint density at radius 1 is 1.32 bits per heavy atom. The molecule has 98 valence electrons. The molecule has 4 nitrogen and oxygen atoms in total. The molecule has 0 bridgehead atoms. The highest BCUT2D eigenvalue weighted by atomic mass is 79.9. The van der Waals surface area contributed by atoms with Crippen molar-refractivity contribution in [3.05, 3.63) is 40.8 Å². The second kappa shape index (κ2) is 4.20. The number of aromatic nitrogens is 2. The number of nitrogens with zero attached hydrogens (tertiary/aromatic N) is 2. The lowest BCUT2D eigenvalue weighted by molar-refractivity contribution is -0.124. The summed E-state index contributed by atoms with van der Waals surface area (Å²) in [6, 6.07) is 9.97. The molecular weight excluding hydrogens is 306 g/mol. The molecule has 0 saturated heterocycles. The van der Waals surface area contributed by atoms with Crippen molar-refractivity contribution in [3.63, 3.8) is 0 Å². The maximum atomic E-state index is 11.8. The Morgan fingerprint density at radius 2 is 2.00 bits per heavy atom. The van der Waals surface area contributed by atoms with E-state index in [2.05, 4.69) is 21.2 Å². The molecule has 0 spiro atoms. The van der Waals surface area contributed by atoms with E-state index in [-0.39, 0.29) is 5.91 Å². The van der Waals surface area contributed by atoms with E-state index < -0.39 is 5.54 Å². The van der Waals surface area contributed by atoms with Gasteiger partial charge in [0.15, 0.2) is 0 Å². The van der Waals surface area contributed by atoms with E-state index in [4.69, 9.17) is 4.98 Å². The van der Waals surface area contributed by atoms with Crippen molar-refractivity contribution in [3.8, 4) is 11.3 Å². The van der Waals surface area contributed by atoms with E-state index in [1.807, 2.05) is 48.7 Å². The molecule has 0 aliphatic carbocycles. The molecule has 1 amide bonds. The third-order valence-electron chi connectivity index (χ3n) is 3.27. The largest absolute Gasteiger partial charge is 0.342 e. The fourth-order valence-electron chi connectivity index (χ4n) is 2.42. The monoisotopic (exact) mass is 319 g/mol. The predicted octanol–water partition coefficient (Wildman–Crippen LogP) is 2.68. The van der Waals surface area contributed by atoms with E-state index in [0.717, 1.165) is 21.7 Å². The normalized spacial score (nSPS) is 16.9. The average Bonchev–Trinajstić information content (AvgIpc) is 2.68. The highest BCUT2D eigenvalue weighted by molar-refractivity contribution is 9.10. The summed E-state index contributed by atoms with van der Waals surface area (Å²) in [6.07, 6.45) is 0. The topological polar surface area (TPSA) is 46.9 Å². The number of fused-ring (bicyclic) bond motifs is 1. The number of carbonyl (C=O) groups excluding carboxylic acids is 1. The number of carbonyl (C=O) groups is 1. The molecule has 2 aromatic rings. The number of benzene rings is 1. The molecule has 3 rings (SSSR count). The van der Waals surface area contributed by atoms with E-state index >= 15 is 0 Å². The number of imidazole rings is 1. The van der Waals surface area contributed by atoms with Gasteiger partial charge in [0.2, 0.25) is 5.91 Å². The van der Waals surface area contributed by atoms with Crippen LogP contribution >= 0.6 is 15.9 Å². The summed E-state index contributed by atoms with van der Waals surface area (Å²) in [5.74, 6) is 0.882. The lowest BCUT2D eigenvalue weighted by Gasteiger charge is -2.31. The Hall–Kier alpha value is -1.62. The maximum absolute atomic E-state index is 11.8. The first-order chi connectivity index (χ1) is 8.99. The van der Waals surface area contributed by atoms with Crippen LogP contribution in [-0.2, 0) is 16.9 Å². The van der Waals surface area contributed by atoms with Gasteiger partial charge in [0.1, 0.15) is 22.7 Å². The fraction of sp³-hybridized carbons (Fsp3) is 0.286. The summed E-state index contributed by atoms with van der Waals surface area (Å²) >= 11 is 3.57. The third kappa shape index (κ3) is 1.98. The number of nitrogens with one attached hydrogen (secondary N) is 1. The van der Waals surface area contributed by atoms with Gasteiger partial charge in [-0.05, 0) is 29.8 Å². The quantitative estimate of drug-likeness (QED) is 0.878. The number of hydrogen-bond acceptors (Lipinski definition) is 2. The zero-order valence-corrected chi connectivity index (χ0v) is 12.4. The number of halogens is 1. The molecule has 0 fully saturated rings. The van der Waals surface area contributed by atoms with E-state index in [1.165, 1.54) is 0 Å². The lowest BCUT2D eigenvalue weighted by atomic mass is 10.0. The lowest BCUT2D eigenvalue weighted by Crippen LogP contribution is -2.49. The van der Waals surface area contributed by atoms with Crippen LogP contribution in [0, 0.1) is 0 Å². The number of hydrogen-bond donors (Lipinski definition) is 1. The first-order valence-electron chi connectivity index (χ1n) is 6.12. The van der Waals surface area contributed by atoms with Crippen molar-refractivity contribution in [2.24, 2.45) is 0 Å². The fourth-order valence-corrected chi connectivity index (χ4v) is 3.03. The van der Waals surface area contributed by atoms with Gasteiger partial charge in [0.05, 0.1) is 5.54 Å². The minimum Gasteiger partial charge on any atom is -0.342 e. The molecule has 1 N–H and O–H groups in total. The van der Waals surface area contributed by atoms with Crippen molar-refractivity contribution < 1.29 is 4.79 Å². The summed E-state index contributed by atoms with van der Waals surface area (Å²) < 4.78 is 2.79. The second-order valence-electron chi connectivity index (χ2n) is 5.20. The molecular formula is C14H14BrN3O. The summed E-state index contributed by atoms with van der Waals surface area (Å²) in [4.78, 5) is 16.5. The average molecular weight is 320 g/mol. The molecule has 2 heterocycles. The first-order valence-corrected chi connectivity index (χ1v) is 6.91. The summed E-state index contributed by atoms with van der Waals surface area (Å²) in [5.41, 5.74) is 1.46. The Morgan fingerprint density at radius 3 is 2.68 bits per heavy atom. The number of rotatable bonds is 1. The van der Waals surface area contributed by atoms with Crippen LogP contribution in [0.2, 0.25) is 0 Å². The molecule has 19 heavy (non-hydrogen) atoms. The molecule has 5 heteroatoms. The van der Waals surface area contributed by atoms with Crippen LogP contribution in [0.25, 0.3) is 11.3 Å². The van der Waals surface area contributed by atoms with Gasteiger partial charge in [-0.3, -0.25) is 4.79 Å². The zero-order valence-electron chi connectivity index (χ0n) is 10.8. The van der Waals surface area contributed by atoms with Gasteiger partial charge >= 0.3 is 0 Å². The summed E-state index contributed by atoms with van der Waals surface area (Å²) in [7, 11) is 0. The van der Waals surface area contributed by atoms with Crippen LogP contribution in [-0.4, -0.2) is 15.5 Å². The Balaban J connectivity index is 2.19. The first kappa shape index (κ1) is 12.4. The van der Waals surface area contributed by atoms with Gasteiger partial charge < -0.3 is 9.88 Å². The van der Waals surface area contributed by atoms with Gasteiger partial charge in [-0.25, -0.2) is 4.98 Å². The summed E-state index contributed by atoms with van der Waals surface area (Å²) in [6.45, 7) is 4.23. The van der Waals surface area contributed by atoms with Gasteiger partial charge in [-0.15, -0.1) is 0 Å². The van der Waals surface area contributed by atoms with Gasteiger partial charge in [0.25, 0.3) is 0 Å². The molecule has 0 radical (unpaired) electrons. The van der Waals surface area contributed by atoms with Crippen LogP contribution in [0.15, 0.2) is 34.9 Å². The van der Waals surface area contributed by atoms with Crippen molar-refractivity contribution in [1.82, 2.24) is 14.9 Å². The minimum atomic E-state index is -0.453. The zero-order chi connectivity index (χ0) is 13.6. The van der Waals surface area contributed by atoms with Gasteiger partial charge in [-0.1, -0.05) is 30.3 Å². The standard InChI is InChI=1S/C14H14BrN3O/c1-14(2)13-16-11(9-6-4-3-5-7-9)12(15)18(13)8-10(19)17-14/h3-7H,8H2,1-2H3,(H,17,19). The van der Waals surface area contributed by atoms with Crippen LogP contribution in [0.1, 0.15) is 19.7 Å². The smallest absolute Gasteiger partial charge is 0.240 e.